The number of likely N-dealkylation sites (N-methyl/N-ethyl adjacent to an activating group) is 1. The molecule has 132 valence electrons. The fraction of sp³-hybridized carbons (Fsp3) is 0.882. The first-order valence-electron chi connectivity index (χ1n) is 8.97. The molecule has 1 N–H and O–H groups in total. The van der Waals surface area contributed by atoms with Crippen LogP contribution in [-0.4, -0.2) is 83.5 Å². The van der Waals surface area contributed by atoms with E-state index in [0.29, 0.717) is 0 Å². The molecule has 1 amide bonds. The van der Waals surface area contributed by atoms with E-state index in [9.17, 15) is 9.59 Å². The van der Waals surface area contributed by atoms with Gasteiger partial charge in [-0.05, 0) is 58.7 Å². The third-order valence-electron chi connectivity index (χ3n) is 5.18. The number of likely N-dealkylation sites (tertiary alicyclic amines) is 2. The van der Waals surface area contributed by atoms with Crippen LogP contribution in [0.3, 0.4) is 0 Å². The highest BCUT2D eigenvalue weighted by Crippen LogP contribution is 2.22. The molecule has 0 saturated carbocycles. The number of aliphatic carboxylic acids is 1. The molecule has 0 aromatic carbocycles. The lowest BCUT2D eigenvalue weighted by atomic mass is 10.1. The number of hydrogen-bond donors (Lipinski definition) is 1. The summed E-state index contributed by atoms with van der Waals surface area (Å²) in [5.74, 6) is -0.497. The normalized spacial score (nSPS) is 26.5. The molecule has 2 rings (SSSR count). The fourth-order valence-corrected chi connectivity index (χ4v) is 3.95. The number of hydrogen-bond acceptors (Lipinski definition) is 4. The van der Waals surface area contributed by atoms with Crippen LogP contribution in [0.5, 0.6) is 0 Å². The third-order valence-corrected chi connectivity index (χ3v) is 5.18. The van der Waals surface area contributed by atoms with Gasteiger partial charge in [-0.15, -0.1) is 0 Å². The van der Waals surface area contributed by atoms with Gasteiger partial charge in [-0.2, -0.15) is 0 Å². The summed E-state index contributed by atoms with van der Waals surface area (Å²) in [4.78, 5) is 30.0. The molecule has 0 aliphatic carbocycles. The summed E-state index contributed by atoms with van der Waals surface area (Å²) < 4.78 is 0. The number of amides is 1. The summed E-state index contributed by atoms with van der Waals surface area (Å²) in [6, 6.07) is 0.336. The Morgan fingerprint density at radius 2 is 1.87 bits per heavy atom. The van der Waals surface area contributed by atoms with Crippen molar-refractivity contribution >= 4 is 11.9 Å². The summed E-state index contributed by atoms with van der Waals surface area (Å²) >= 11 is 0. The van der Waals surface area contributed by atoms with Gasteiger partial charge in [0.1, 0.15) is 0 Å². The molecule has 2 saturated heterocycles. The largest absolute Gasteiger partial charge is 0.480 e. The van der Waals surface area contributed by atoms with Crippen LogP contribution in [0.25, 0.3) is 0 Å². The lowest BCUT2D eigenvalue weighted by Crippen LogP contribution is -2.46. The van der Waals surface area contributed by atoms with Crippen LogP contribution in [0, 0.1) is 0 Å². The van der Waals surface area contributed by atoms with E-state index in [4.69, 9.17) is 5.11 Å². The van der Waals surface area contributed by atoms with Crippen molar-refractivity contribution in [2.45, 2.75) is 57.5 Å². The highest BCUT2D eigenvalue weighted by molar-refractivity contribution is 5.82. The van der Waals surface area contributed by atoms with Crippen LogP contribution in [0.1, 0.15) is 45.4 Å². The van der Waals surface area contributed by atoms with Gasteiger partial charge in [-0.3, -0.25) is 19.4 Å². The molecule has 0 bridgehead atoms. The van der Waals surface area contributed by atoms with E-state index < -0.39 is 5.97 Å². The van der Waals surface area contributed by atoms with Gasteiger partial charge >= 0.3 is 5.97 Å². The average molecular weight is 325 g/mol. The van der Waals surface area contributed by atoms with Crippen molar-refractivity contribution in [3.05, 3.63) is 0 Å². The van der Waals surface area contributed by atoms with Gasteiger partial charge in [0, 0.05) is 19.1 Å². The molecule has 6 nitrogen and oxygen atoms in total. The molecule has 0 spiro atoms. The van der Waals surface area contributed by atoms with E-state index in [0.717, 1.165) is 64.7 Å². The van der Waals surface area contributed by atoms with Crippen LogP contribution in [0.15, 0.2) is 0 Å². The highest BCUT2D eigenvalue weighted by Gasteiger charge is 2.34. The molecule has 2 unspecified atom stereocenters. The number of rotatable bonds is 6. The molecular formula is C17H31N3O3. The van der Waals surface area contributed by atoms with Gasteiger partial charge in [-0.1, -0.05) is 6.92 Å². The topological polar surface area (TPSA) is 64.1 Å². The SMILES string of the molecule is CCCN1CCCC1C(=O)N1CCCC(N(C)CC(=O)O)CC1. The van der Waals surface area contributed by atoms with E-state index in [1.807, 2.05) is 16.8 Å². The van der Waals surface area contributed by atoms with Gasteiger partial charge in [0.2, 0.25) is 5.91 Å². The molecule has 0 radical (unpaired) electrons. The molecule has 2 aliphatic heterocycles. The van der Waals surface area contributed by atoms with Gasteiger partial charge in [-0.25, -0.2) is 0 Å². The average Bonchev–Trinajstić information content (AvgIpc) is 2.81. The Hall–Kier alpha value is -1.14. The van der Waals surface area contributed by atoms with Gasteiger partial charge in [0.25, 0.3) is 0 Å². The fourth-order valence-electron chi connectivity index (χ4n) is 3.95. The van der Waals surface area contributed by atoms with Crippen LogP contribution in [-0.2, 0) is 9.59 Å². The Bertz CT molecular complexity index is 416. The van der Waals surface area contributed by atoms with Crippen molar-refractivity contribution in [1.29, 1.82) is 0 Å². The molecule has 23 heavy (non-hydrogen) atoms. The van der Waals surface area contributed by atoms with E-state index in [-0.39, 0.29) is 24.5 Å². The summed E-state index contributed by atoms with van der Waals surface area (Å²) in [6.07, 6.45) is 5.99. The number of carbonyl (C=O) groups excluding carboxylic acids is 1. The Morgan fingerprint density at radius 1 is 1.13 bits per heavy atom. The van der Waals surface area contributed by atoms with Crippen molar-refractivity contribution < 1.29 is 14.7 Å². The minimum absolute atomic E-state index is 0.0725. The maximum atomic E-state index is 12.9. The van der Waals surface area contributed by atoms with Crippen molar-refractivity contribution in [2.24, 2.45) is 0 Å². The van der Waals surface area contributed by atoms with Gasteiger partial charge in [0.05, 0.1) is 12.6 Å². The zero-order chi connectivity index (χ0) is 16.8. The van der Waals surface area contributed by atoms with E-state index in [2.05, 4.69) is 11.8 Å². The minimum Gasteiger partial charge on any atom is -0.480 e. The highest BCUT2D eigenvalue weighted by atomic mass is 16.4. The second-order valence-electron chi connectivity index (χ2n) is 6.91. The number of carboxylic acid groups (broad SMARTS) is 1. The maximum absolute atomic E-state index is 12.9. The van der Waals surface area contributed by atoms with Crippen molar-refractivity contribution in [3.8, 4) is 0 Å². The lowest BCUT2D eigenvalue weighted by molar-refractivity contribution is -0.139. The summed E-state index contributed by atoms with van der Waals surface area (Å²) in [5, 5.41) is 8.94. The van der Waals surface area contributed by atoms with Crippen LogP contribution >= 0.6 is 0 Å². The minimum atomic E-state index is -0.786. The molecule has 2 aliphatic rings. The molecule has 6 heteroatoms. The van der Waals surface area contributed by atoms with Crippen molar-refractivity contribution in [1.82, 2.24) is 14.7 Å². The number of carbonyl (C=O) groups is 2. The Labute approximate surface area is 139 Å². The third kappa shape index (κ3) is 4.91. The zero-order valence-corrected chi connectivity index (χ0v) is 14.5. The standard InChI is InChI=1S/C17H31N3O3/c1-3-9-19-10-5-7-15(19)17(23)20-11-4-6-14(8-12-20)18(2)13-16(21)22/h14-15H,3-13H2,1-2H3,(H,21,22). The Morgan fingerprint density at radius 3 is 2.57 bits per heavy atom. The van der Waals surface area contributed by atoms with Gasteiger partial charge < -0.3 is 10.0 Å². The molecule has 0 aromatic rings. The number of carboxylic acids is 1. The van der Waals surface area contributed by atoms with Crippen LogP contribution < -0.4 is 0 Å². The molecule has 2 fully saturated rings. The van der Waals surface area contributed by atoms with Crippen LogP contribution in [0.2, 0.25) is 0 Å². The van der Waals surface area contributed by atoms with Crippen LogP contribution in [0.4, 0.5) is 0 Å². The monoisotopic (exact) mass is 325 g/mol. The second-order valence-corrected chi connectivity index (χ2v) is 6.91. The quantitative estimate of drug-likeness (QED) is 0.796. The lowest BCUT2D eigenvalue weighted by Gasteiger charge is -2.30. The first-order chi connectivity index (χ1) is 11.0. The first-order valence-corrected chi connectivity index (χ1v) is 8.97. The van der Waals surface area contributed by atoms with Crippen molar-refractivity contribution in [2.75, 3.05) is 39.8 Å². The zero-order valence-electron chi connectivity index (χ0n) is 14.5. The van der Waals surface area contributed by atoms with Gasteiger partial charge in [0.15, 0.2) is 0 Å². The Kier molecular flexibility index (Phi) is 6.84. The first kappa shape index (κ1) is 18.2. The second kappa shape index (κ2) is 8.64. The molecule has 2 heterocycles. The summed E-state index contributed by atoms with van der Waals surface area (Å²) in [6.45, 7) is 5.85. The summed E-state index contributed by atoms with van der Waals surface area (Å²) in [7, 11) is 1.87. The Balaban J connectivity index is 1.89. The predicted octanol–water partition coefficient (Wildman–Crippen LogP) is 1.26. The van der Waals surface area contributed by atoms with E-state index in [1.54, 1.807) is 0 Å². The molecular weight excluding hydrogens is 294 g/mol. The maximum Gasteiger partial charge on any atom is 0.317 e. The summed E-state index contributed by atoms with van der Waals surface area (Å²) in [5.41, 5.74) is 0. The van der Waals surface area contributed by atoms with Crippen molar-refractivity contribution in [3.63, 3.8) is 0 Å². The smallest absolute Gasteiger partial charge is 0.317 e. The predicted molar refractivity (Wildman–Crippen MR) is 89.4 cm³/mol. The molecule has 0 aromatic heterocycles. The van der Waals surface area contributed by atoms with E-state index >= 15 is 0 Å². The van der Waals surface area contributed by atoms with E-state index in [1.165, 1.54) is 0 Å². The number of nitrogens with zero attached hydrogens (tertiary/aromatic N) is 3. The molecule has 2 atom stereocenters.